The number of likely N-dealkylation sites (tertiary alicyclic amines) is 1. The third kappa shape index (κ3) is 5.37. The number of ether oxygens (including phenoxy) is 1. The van der Waals surface area contributed by atoms with Crippen molar-refractivity contribution in [2.24, 2.45) is 5.92 Å². The first-order chi connectivity index (χ1) is 14.3. The number of urea groups is 1. The Bertz CT molecular complexity index is 768. The average Bonchev–Trinajstić information content (AvgIpc) is 3.45. The van der Waals surface area contributed by atoms with Crippen molar-refractivity contribution in [1.29, 1.82) is 0 Å². The smallest absolute Gasteiger partial charge is 0.319 e. The van der Waals surface area contributed by atoms with E-state index >= 15 is 0 Å². The van der Waals surface area contributed by atoms with E-state index in [1.54, 1.807) is 0 Å². The van der Waals surface area contributed by atoms with Crippen LogP contribution in [-0.4, -0.2) is 49.8 Å². The van der Waals surface area contributed by atoms with E-state index in [1.807, 2.05) is 36.4 Å². The molecule has 2 saturated heterocycles. The molecule has 29 heavy (non-hydrogen) atoms. The van der Waals surface area contributed by atoms with Crippen molar-refractivity contribution < 1.29 is 9.53 Å². The van der Waals surface area contributed by atoms with E-state index in [9.17, 15) is 4.79 Å². The van der Waals surface area contributed by atoms with Crippen molar-refractivity contribution in [3.8, 4) is 0 Å². The summed E-state index contributed by atoms with van der Waals surface area (Å²) in [6.45, 7) is 4.58. The van der Waals surface area contributed by atoms with E-state index in [0.29, 0.717) is 18.5 Å². The van der Waals surface area contributed by atoms with Gasteiger partial charge in [-0.15, -0.1) is 0 Å². The molecule has 0 aromatic heterocycles. The minimum Gasteiger partial charge on any atom is -0.381 e. The normalized spacial score (nSPS) is 20.5. The van der Waals surface area contributed by atoms with E-state index < -0.39 is 0 Å². The van der Waals surface area contributed by atoms with Gasteiger partial charge >= 0.3 is 6.03 Å². The predicted molar refractivity (Wildman–Crippen MR) is 116 cm³/mol. The summed E-state index contributed by atoms with van der Waals surface area (Å²) in [5.41, 5.74) is 3.22. The van der Waals surface area contributed by atoms with Gasteiger partial charge in [0.2, 0.25) is 0 Å². The molecule has 2 amide bonds. The molecule has 5 heteroatoms. The highest BCUT2D eigenvalue weighted by atomic mass is 16.5. The molecule has 2 N–H and O–H groups in total. The quantitative estimate of drug-likeness (QED) is 0.750. The number of para-hydroxylation sites is 1. The van der Waals surface area contributed by atoms with Gasteiger partial charge in [-0.05, 0) is 56.0 Å². The second-order valence-corrected chi connectivity index (χ2v) is 8.09. The lowest BCUT2D eigenvalue weighted by molar-refractivity contribution is 0.135. The number of carbonyl (C=O) groups is 1. The molecule has 0 saturated carbocycles. The molecule has 2 heterocycles. The van der Waals surface area contributed by atoms with Crippen LogP contribution >= 0.6 is 0 Å². The molecule has 2 aliphatic heterocycles. The van der Waals surface area contributed by atoms with Crippen molar-refractivity contribution in [2.75, 3.05) is 38.2 Å². The summed E-state index contributed by atoms with van der Waals surface area (Å²) in [6.07, 6.45) is 4.39. The first kappa shape index (κ1) is 19.9. The van der Waals surface area contributed by atoms with Crippen LogP contribution in [0.15, 0.2) is 54.6 Å². The van der Waals surface area contributed by atoms with Gasteiger partial charge in [0.25, 0.3) is 0 Å². The van der Waals surface area contributed by atoms with E-state index in [-0.39, 0.29) is 6.03 Å². The summed E-state index contributed by atoms with van der Waals surface area (Å²) < 4.78 is 5.62. The van der Waals surface area contributed by atoms with Gasteiger partial charge in [-0.1, -0.05) is 48.5 Å². The van der Waals surface area contributed by atoms with Crippen LogP contribution in [0.4, 0.5) is 10.5 Å². The second-order valence-electron chi connectivity index (χ2n) is 8.09. The second kappa shape index (κ2) is 9.90. The minimum absolute atomic E-state index is 0.131. The molecule has 2 aromatic carbocycles. The zero-order valence-corrected chi connectivity index (χ0v) is 17.0. The van der Waals surface area contributed by atoms with Crippen LogP contribution in [-0.2, 0) is 11.2 Å². The van der Waals surface area contributed by atoms with Crippen LogP contribution < -0.4 is 10.6 Å². The van der Waals surface area contributed by atoms with Crippen molar-refractivity contribution in [2.45, 2.75) is 31.7 Å². The molecular formula is C24H31N3O2. The number of nitrogens with one attached hydrogen (secondary N) is 2. The summed E-state index contributed by atoms with van der Waals surface area (Å²) in [4.78, 5) is 15.2. The first-order valence-electron chi connectivity index (χ1n) is 10.8. The maximum absolute atomic E-state index is 12.7. The number of carbonyl (C=O) groups excluding carboxylic acids is 1. The fraction of sp³-hybridized carbons (Fsp3) is 0.458. The maximum Gasteiger partial charge on any atom is 0.319 e. The van der Waals surface area contributed by atoms with Crippen molar-refractivity contribution in [1.82, 2.24) is 10.2 Å². The van der Waals surface area contributed by atoms with E-state index in [4.69, 9.17) is 4.74 Å². The fourth-order valence-electron chi connectivity index (χ4n) is 4.50. The average molecular weight is 394 g/mol. The molecule has 2 aliphatic rings. The summed E-state index contributed by atoms with van der Waals surface area (Å²) in [6, 6.07) is 18.6. The molecule has 2 fully saturated rings. The van der Waals surface area contributed by atoms with Gasteiger partial charge in [0.05, 0.1) is 6.61 Å². The Morgan fingerprint density at radius 1 is 1.07 bits per heavy atom. The Morgan fingerprint density at radius 3 is 2.59 bits per heavy atom. The van der Waals surface area contributed by atoms with Crippen LogP contribution in [0.3, 0.4) is 0 Å². The summed E-state index contributed by atoms with van der Waals surface area (Å²) in [7, 11) is 0. The zero-order chi connectivity index (χ0) is 19.9. The van der Waals surface area contributed by atoms with E-state index in [0.717, 1.165) is 50.4 Å². The van der Waals surface area contributed by atoms with Gasteiger partial charge < -0.3 is 15.4 Å². The number of amides is 2. The summed E-state index contributed by atoms with van der Waals surface area (Å²) >= 11 is 0. The van der Waals surface area contributed by atoms with Crippen LogP contribution in [0.2, 0.25) is 0 Å². The first-order valence-corrected chi connectivity index (χ1v) is 10.8. The molecular weight excluding hydrogens is 362 g/mol. The Morgan fingerprint density at radius 2 is 1.83 bits per heavy atom. The third-order valence-electron chi connectivity index (χ3n) is 6.09. The Hall–Kier alpha value is -2.37. The van der Waals surface area contributed by atoms with Gasteiger partial charge in [0.1, 0.15) is 0 Å². The van der Waals surface area contributed by atoms with Crippen molar-refractivity contribution in [3.05, 3.63) is 65.7 Å². The SMILES string of the molecule is O=C(NCC(C1CCOC1)N1CCCC1)Nc1ccccc1Cc1ccccc1. The molecule has 0 bridgehead atoms. The van der Waals surface area contributed by atoms with Crippen LogP contribution in [0, 0.1) is 5.92 Å². The van der Waals surface area contributed by atoms with Gasteiger partial charge in [-0.25, -0.2) is 4.79 Å². The van der Waals surface area contributed by atoms with Crippen LogP contribution in [0.5, 0.6) is 0 Å². The number of anilines is 1. The lowest BCUT2D eigenvalue weighted by atomic mass is 9.97. The zero-order valence-electron chi connectivity index (χ0n) is 17.0. The number of hydrogen-bond donors (Lipinski definition) is 2. The highest BCUT2D eigenvalue weighted by Crippen LogP contribution is 2.24. The monoisotopic (exact) mass is 393 g/mol. The standard InChI is InChI=1S/C24H31N3O2/c28-24(25-17-23(21-12-15-29-18-21)27-13-6-7-14-27)26-22-11-5-4-10-20(22)16-19-8-2-1-3-9-19/h1-5,8-11,21,23H,6-7,12-18H2,(H2,25,26,28). The molecule has 0 spiro atoms. The van der Waals surface area contributed by atoms with E-state index in [1.165, 1.54) is 18.4 Å². The molecule has 2 aromatic rings. The Labute approximate surface area is 173 Å². The molecule has 2 atom stereocenters. The van der Waals surface area contributed by atoms with Crippen LogP contribution in [0.1, 0.15) is 30.4 Å². The van der Waals surface area contributed by atoms with E-state index in [2.05, 4.69) is 33.7 Å². The summed E-state index contributed by atoms with van der Waals surface area (Å²) in [5.74, 6) is 0.513. The molecule has 154 valence electrons. The highest BCUT2D eigenvalue weighted by molar-refractivity contribution is 5.90. The molecule has 4 rings (SSSR count). The molecule has 2 unspecified atom stereocenters. The van der Waals surface area contributed by atoms with Crippen molar-refractivity contribution >= 4 is 11.7 Å². The van der Waals surface area contributed by atoms with Gasteiger partial charge in [-0.2, -0.15) is 0 Å². The lowest BCUT2D eigenvalue weighted by Gasteiger charge is -2.32. The number of rotatable bonds is 7. The third-order valence-corrected chi connectivity index (χ3v) is 6.09. The van der Waals surface area contributed by atoms with Crippen LogP contribution in [0.25, 0.3) is 0 Å². The number of nitrogens with zero attached hydrogens (tertiary/aromatic N) is 1. The van der Waals surface area contributed by atoms with Gasteiger partial charge in [0.15, 0.2) is 0 Å². The number of hydrogen-bond acceptors (Lipinski definition) is 3. The van der Waals surface area contributed by atoms with Gasteiger partial charge in [0, 0.05) is 30.8 Å². The highest BCUT2D eigenvalue weighted by Gasteiger charge is 2.32. The number of benzene rings is 2. The Balaban J connectivity index is 1.36. The topological polar surface area (TPSA) is 53.6 Å². The largest absolute Gasteiger partial charge is 0.381 e. The summed E-state index contributed by atoms with van der Waals surface area (Å²) in [5, 5.41) is 6.20. The fourth-order valence-corrected chi connectivity index (χ4v) is 4.50. The molecule has 0 aliphatic carbocycles. The molecule has 0 radical (unpaired) electrons. The van der Waals surface area contributed by atoms with Crippen molar-refractivity contribution in [3.63, 3.8) is 0 Å². The van der Waals surface area contributed by atoms with Gasteiger partial charge in [-0.3, -0.25) is 4.90 Å². The minimum atomic E-state index is -0.131. The predicted octanol–water partition coefficient (Wildman–Crippen LogP) is 3.90. The molecule has 5 nitrogen and oxygen atoms in total. The Kier molecular flexibility index (Phi) is 6.80. The maximum atomic E-state index is 12.7. The lowest BCUT2D eigenvalue weighted by Crippen LogP contribution is -2.48.